The molecule has 0 bridgehead atoms. The molecule has 0 saturated carbocycles. The molecule has 34 heavy (non-hydrogen) atoms. The van der Waals surface area contributed by atoms with E-state index in [1.807, 2.05) is 28.5 Å². The summed E-state index contributed by atoms with van der Waals surface area (Å²) in [5.41, 5.74) is 1.12. The third-order valence-corrected chi connectivity index (χ3v) is 7.86. The van der Waals surface area contributed by atoms with Crippen LogP contribution in [0.4, 0.5) is 0 Å². The van der Waals surface area contributed by atoms with Gasteiger partial charge in [-0.3, -0.25) is 9.59 Å². The summed E-state index contributed by atoms with van der Waals surface area (Å²) < 4.78 is 11.2. The molecule has 0 radical (unpaired) electrons. The molecule has 1 aliphatic heterocycles. The maximum absolute atomic E-state index is 13.5. The van der Waals surface area contributed by atoms with Gasteiger partial charge in [-0.1, -0.05) is 17.7 Å². The molecule has 1 atom stereocenters. The molecule has 1 unspecified atom stereocenters. The van der Waals surface area contributed by atoms with Gasteiger partial charge in [-0.05, 0) is 65.6 Å². The van der Waals surface area contributed by atoms with Gasteiger partial charge in [0.25, 0.3) is 5.91 Å². The predicted octanol–water partition coefficient (Wildman–Crippen LogP) is 5.15. The van der Waals surface area contributed by atoms with Crippen LogP contribution in [0.5, 0.6) is 5.75 Å². The highest BCUT2D eigenvalue weighted by atomic mass is 35.5. The Kier molecular flexibility index (Phi) is 8.61. The molecule has 0 N–H and O–H groups in total. The normalized spacial score (nSPS) is 15.1. The molecule has 0 spiro atoms. The first kappa shape index (κ1) is 24.7. The Morgan fingerprint density at radius 2 is 1.97 bits per heavy atom. The SMILES string of the molecule is COCCCN(CC(=O)N1CCc2sccc2C1COc1ccc(Cl)cc1)C(=O)c1cccs1. The van der Waals surface area contributed by atoms with Crippen molar-refractivity contribution in [2.45, 2.75) is 18.9 Å². The van der Waals surface area contributed by atoms with E-state index >= 15 is 0 Å². The van der Waals surface area contributed by atoms with Gasteiger partial charge >= 0.3 is 0 Å². The number of methoxy groups -OCH3 is 1. The second-order valence-electron chi connectivity index (χ2n) is 7.97. The lowest BCUT2D eigenvalue weighted by molar-refractivity contribution is -0.135. The van der Waals surface area contributed by atoms with Gasteiger partial charge in [-0.25, -0.2) is 0 Å². The standard InChI is InChI=1S/C25H27ClN2O4S2/c1-31-13-3-11-27(25(30)23-4-2-14-33-23)16-24(29)28-12-9-22-20(10-15-34-22)21(28)17-32-19-7-5-18(26)6-8-19/h2,4-8,10,14-15,21H,3,9,11-13,16-17H2,1H3. The monoisotopic (exact) mass is 518 g/mol. The molecule has 180 valence electrons. The van der Waals surface area contributed by atoms with Gasteiger partial charge in [0.15, 0.2) is 0 Å². The summed E-state index contributed by atoms with van der Waals surface area (Å²) in [6.07, 6.45) is 1.47. The fraction of sp³-hybridized carbons (Fsp3) is 0.360. The quantitative estimate of drug-likeness (QED) is 0.348. The first-order valence-electron chi connectivity index (χ1n) is 11.1. The van der Waals surface area contributed by atoms with E-state index in [-0.39, 0.29) is 24.4 Å². The molecule has 3 aromatic rings. The lowest BCUT2D eigenvalue weighted by atomic mass is 10.0. The first-order chi connectivity index (χ1) is 16.6. The molecule has 1 aliphatic rings. The van der Waals surface area contributed by atoms with Crippen molar-refractivity contribution in [1.82, 2.24) is 9.80 Å². The number of amides is 2. The molecule has 9 heteroatoms. The molecule has 1 aromatic carbocycles. The Morgan fingerprint density at radius 3 is 2.71 bits per heavy atom. The van der Waals surface area contributed by atoms with Crippen molar-refractivity contribution in [2.75, 3.05) is 40.0 Å². The van der Waals surface area contributed by atoms with Crippen molar-refractivity contribution in [2.24, 2.45) is 0 Å². The molecule has 2 amide bonds. The minimum atomic E-state index is -0.212. The molecule has 3 heterocycles. The number of fused-ring (bicyclic) bond motifs is 1. The zero-order valence-corrected chi connectivity index (χ0v) is 21.3. The molecule has 0 fully saturated rings. The summed E-state index contributed by atoms with van der Waals surface area (Å²) in [6, 6.07) is 12.7. The summed E-state index contributed by atoms with van der Waals surface area (Å²) in [4.78, 5) is 32.0. The van der Waals surface area contributed by atoms with Gasteiger partial charge in [0, 0.05) is 36.7 Å². The van der Waals surface area contributed by atoms with Crippen molar-refractivity contribution in [3.63, 3.8) is 0 Å². The van der Waals surface area contributed by atoms with Crippen LogP contribution in [0.15, 0.2) is 53.2 Å². The number of thiophene rings is 2. The lowest BCUT2D eigenvalue weighted by Crippen LogP contribution is -2.48. The average molecular weight is 519 g/mol. The van der Waals surface area contributed by atoms with Crippen LogP contribution in [0.2, 0.25) is 5.02 Å². The van der Waals surface area contributed by atoms with Gasteiger partial charge in [-0.2, -0.15) is 0 Å². The maximum atomic E-state index is 13.5. The zero-order valence-electron chi connectivity index (χ0n) is 18.9. The van der Waals surface area contributed by atoms with Crippen LogP contribution in [0.1, 0.15) is 32.6 Å². The highest BCUT2D eigenvalue weighted by molar-refractivity contribution is 7.12. The second kappa shape index (κ2) is 11.8. The van der Waals surface area contributed by atoms with Crippen LogP contribution in [-0.4, -0.2) is 61.6 Å². The molecule has 0 saturated heterocycles. The van der Waals surface area contributed by atoms with Crippen LogP contribution >= 0.6 is 34.3 Å². The number of hydrogen-bond donors (Lipinski definition) is 0. The van der Waals surface area contributed by atoms with Crippen molar-refractivity contribution in [3.8, 4) is 5.75 Å². The van der Waals surface area contributed by atoms with Gasteiger partial charge in [0.1, 0.15) is 18.9 Å². The van der Waals surface area contributed by atoms with Crippen LogP contribution in [0.25, 0.3) is 0 Å². The summed E-state index contributed by atoms with van der Waals surface area (Å²) in [5.74, 6) is 0.499. The van der Waals surface area contributed by atoms with Crippen LogP contribution in [0, 0.1) is 0 Å². The van der Waals surface area contributed by atoms with Gasteiger partial charge in [0.05, 0.1) is 10.9 Å². The van der Waals surface area contributed by atoms with E-state index in [4.69, 9.17) is 21.1 Å². The largest absolute Gasteiger partial charge is 0.491 e. The highest BCUT2D eigenvalue weighted by Gasteiger charge is 2.33. The number of nitrogens with zero attached hydrogens (tertiary/aromatic N) is 2. The van der Waals surface area contributed by atoms with E-state index in [1.165, 1.54) is 16.2 Å². The lowest BCUT2D eigenvalue weighted by Gasteiger charge is -2.37. The van der Waals surface area contributed by atoms with Crippen molar-refractivity contribution in [3.05, 3.63) is 73.6 Å². The van der Waals surface area contributed by atoms with E-state index in [2.05, 4.69) is 11.4 Å². The van der Waals surface area contributed by atoms with E-state index in [0.717, 1.165) is 12.0 Å². The predicted molar refractivity (Wildman–Crippen MR) is 136 cm³/mol. The number of halogens is 1. The molecular formula is C25H27ClN2O4S2. The minimum absolute atomic E-state index is 0.0252. The summed E-state index contributed by atoms with van der Waals surface area (Å²) in [7, 11) is 1.63. The Balaban J connectivity index is 1.50. The molecule has 4 rings (SSSR count). The van der Waals surface area contributed by atoms with Crippen molar-refractivity contribution >= 4 is 46.1 Å². The smallest absolute Gasteiger partial charge is 0.264 e. The zero-order chi connectivity index (χ0) is 23.9. The Hall–Kier alpha value is -2.39. The highest BCUT2D eigenvalue weighted by Crippen LogP contribution is 2.34. The van der Waals surface area contributed by atoms with Crippen molar-refractivity contribution in [1.29, 1.82) is 0 Å². The van der Waals surface area contributed by atoms with E-state index in [0.29, 0.717) is 48.4 Å². The van der Waals surface area contributed by atoms with E-state index in [9.17, 15) is 9.59 Å². The molecule has 0 aliphatic carbocycles. The van der Waals surface area contributed by atoms with Crippen LogP contribution < -0.4 is 4.74 Å². The van der Waals surface area contributed by atoms with E-state index in [1.54, 1.807) is 41.5 Å². The maximum Gasteiger partial charge on any atom is 0.264 e. The number of rotatable bonds is 10. The number of carbonyl (C=O) groups excluding carboxylic acids is 2. The summed E-state index contributed by atoms with van der Waals surface area (Å²) >= 11 is 9.08. The summed E-state index contributed by atoms with van der Waals surface area (Å²) in [6.45, 7) is 1.94. The molecule has 2 aromatic heterocycles. The number of ether oxygens (including phenoxy) is 2. The van der Waals surface area contributed by atoms with Crippen LogP contribution in [-0.2, 0) is 16.0 Å². The minimum Gasteiger partial charge on any atom is -0.491 e. The Bertz CT molecular complexity index is 1080. The second-order valence-corrected chi connectivity index (χ2v) is 10.4. The number of carbonyl (C=O) groups is 2. The Morgan fingerprint density at radius 1 is 1.15 bits per heavy atom. The van der Waals surface area contributed by atoms with Gasteiger partial charge in [-0.15, -0.1) is 22.7 Å². The van der Waals surface area contributed by atoms with Crippen LogP contribution in [0.3, 0.4) is 0 Å². The molecule has 6 nitrogen and oxygen atoms in total. The Labute approximate surface area is 212 Å². The number of hydrogen-bond acceptors (Lipinski definition) is 6. The fourth-order valence-electron chi connectivity index (χ4n) is 4.04. The molecular weight excluding hydrogens is 492 g/mol. The van der Waals surface area contributed by atoms with Gasteiger partial charge in [0.2, 0.25) is 5.91 Å². The fourth-order valence-corrected chi connectivity index (χ4v) is 5.79. The first-order valence-corrected chi connectivity index (χ1v) is 13.3. The van der Waals surface area contributed by atoms with E-state index < -0.39 is 0 Å². The summed E-state index contributed by atoms with van der Waals surface area (Å²) in [5, 5.41) is 4.58. The van der Waals surface area contributed by atoms with Gasteiger partial charge < -0.3 is 19.3 Å². The average Bonchev–Trinajstić information content (AvgIpc) is 3.55. The third-order valence-electron chi connectivity index (χ3n) is 5.76. The topological polar surface area (TPSA) is 59.1 Å². The van der Waals surface area contributed by atoms with Crippen molar-refractivity contribution < 1.29 is 19.1 Å². The number of benzene rings is 1. The third kappa shape index (κ3) is 5.99.